The Hall–Kier alpha value is -1.22. The molecule has 1 aromatic rings. The molecule has 1 aromatic carbocycles. The van der Waals surface area contributed by atoms with Crippen LogP contribution >= 0.6 is 0 Å². The van der Waals surface area contributed by atoms with Gasteiger partial charge in [0.25, 0.3) is 0 Å². The first-order chi connectivity index (χ1) is 14.4. The summed E-state index contributed by atoms with van der Waals surface area (Å²) in [5.74, 6) is 0. The molecule has 0 amide bonds. The van der Waals surface area contributed by atoms with Crippen molar-refractivity contribution in [2.75, 3.05) is 13.2 Å². The van der Waals surface area contributed by atoms with Crippen LogP contribution in [0.3, 0.4) is 0 Å². The molecule has 0 aliphatic carbocycles. The molecule has 3 rings (SSSR count). The Morgan fingerprint density at radius 1 is 0.700 bits per heavy atom. The molecule has 30 heavy (non-hydrogen) atoms. The second kappa shape index (κ2) is 10.4. The lowest BCUT2D eigenvalue weighted by molar-refractivity contribution is -0.368. The maximum Gasteiger partial charge on any atom is 0.187 e. The lowest BCUT2D eigenvalue weighted by Gasteiger charge is -2.45. The van der Waals surface area contributed by atoms with Crippen LogP contribution in [0.15, 0.2) is 30.3 Å². The minimum Gasteiger partial charge on any atom is -0.394 e. The smallest absolute Gasteiger partial charge is 0.187 e. The van der Waals surface area contributed by atoms with Gasteiger partial charge in [-0.2, -0.15) is 0 Å². The van der Waals surface area contributed by atoms with Gasteiger partial charge < -0.3 is 54.7 Å². The minimum atomic E-state index is -1.71. The first kappa shape index (κ1) is 23.4. The van der Waals surface area contributed by atoms with Crippen molar-refractivity contribution in [1.82, 2.24) is 0 Å². The van der Waals surface area contributed by atoms with Crippen LogP contribution in [0, 0.1) is 0 Å². The third-order valence-electron chi connectivity index (χ3n) is 5.22. The maximum atomic E-state index is 10.5. The first-order valence-electron chi connectivity index (χ1n) is 9.61. The van der Waals surface area contributed by atoms with E-state index in [-0.39, 0.29) is 6.61 Å². The van der Waals surface area contributed by atoms with E-state index in [1.807, 2.05) is 6.07 Å². The molecule has 0 bridgehead atoms. The van der Waals surface area contributed by atoms with Crippen LogP contribution in [0.4, 0.5) is 0 Å². The van der Waals surface area contributed by atoms with Crippen molar-refractivity contribution >= 4 is 0 Å². The molecule has 2 fully saturated rings. The van der Waals surface area contributed by atoms with Gasteiger partial charge >= 0.3 is 0 Å². The van der Waals surface area contributed by atoms with Crippen molar-refractivity contribution in [1.29, 1.82) is 0 Å². The zero-order valence-electron chi connectivity index (χ0n) is 16.0. The highest BCUT2D eigenvalue weighted by Crippen LogP contribution is 2.30. The van der Waals surface area contributed by atoms with Crippen LogP contribution in [-0.4, -0.2) is 110 Å². The number of rotatable bonds is 7. The van der Waals surface area contributed by atoms with Crippen LogP contribution < -0.4 is 0 Å². The van der Waals surface area contributed by atoms with E-state index in [1.54, 1.807) is 24.3 Å². The molecule has 2 aliphatic rings. The van der Waals surface area contributed by atoms with E-state index in [1.165, 1.54) is 0 Å². The Labute approximate surface area is 172 Å². The molecule has 0 saturated carbocycles. The molecule has 10 atom stereocenters. The molecule has 10 unspecified atom stereocenters. The molecule has 0 aromatic heterocycles. The third-order valence-corrected chi connectivity index (χ3v) is 5.22. The first-order valence-corrected chi connectivity index (χ1v) is 9.61. The SMILES string of the molecule is OCC1OC(OC2C(OCc3ccccc3)OC(CO)C(O)C2O)C(O)C(O)C1O. The summed E-state index contributed by atoms with van der Waals surface area (Å²) in [7, 11) is 0. The fraction of sp³-hybridized carbons (Fsp3) is 0.684. The highest BCUT2D eigenvalue weighted by Gasteiger charge is 2.50. The number of aliphatic hydroxyl groups excluding tert-OH is 7. The monoisotopic (exact) mass is 432 g/mol. The largest absolute Gasteiger partial charge is 0.394 e. The number of ether oxygens (including phenoxy) is 4. The van der Waals surface area contributed by atoms with E-state index in [4.69, 9.17) is 18.9 Å². The Balaban J connectivity index is 1.75. The number of hydrogen-bond donors (Lipinski definition) is 7. The van der Waals surface area contributed by atoms with Crippen LogP contribution in [0.2, 0.25) is 0 Å². The zero-order chi connectivity index (χ0) is 21.8. The summed E-state index contributed by atoms with van der Waals surface area (Å²) in [6, 6.07) is 9.03. The van der Waals surface area contributed by atoms with Gasteiger partial charge in [0.2, 0.25) is 0 Å². The van der Waals surface area contributed by atoms with Crippen molar-refractivity contribution in [2.45, 2.75) is 68.0 Å². The summed E-state index contributed by atoms with van der Waals surface area (Å²) in [4.78, 5) is 0. The number of aliphatic hydroxyl groups is 7. The number of benzene rings is 1. The van der Waals surface area contributed by atoms with Gasteiger partial charge in [0.1, 0.15) is 48.8 Å². The van der Waals surface area contributed by atoms with Gasteiger partial charge in [0.05, 0.1) is 19.8 Å². The molecule has 2 saturated heterocycles. The highest BCUT2D eigenvalue weighted by atomic mass is 16.8. The predicted octanol–water partition coefficient (Wildman–Crippen LogP) is -3.17. The van der Waals surface area contributed by atoms with Crippen LogP contribution in [-0.2, 0) is 25.6 Å². The van der Waals surface area contributed by atoms with E-state index in [2.05, 4.69) is 0 Å². The highest BCUT2D eigenvalue weighted by molar-refractivity contribution is 5.13. The Morgan fingerprint density at radius 2 is 1.27 bits per heavy atom. The summed E-state index contributed by atoms with van der Waals surface area (Å²) in [5, 5.41) is 69.5. The summed E-state index contributed by atoms with van der Waals surface area (Å²) in [6.07, 6.45) is -14.7. The van der Waals surface area contributed by atoms with Crippen LogP contribution in [0.25, 0.3) is 0 Å². The summed E-state index contributed by atoms with van der Waals surface area (Å²) >= 11 is 0. The molecule has 2 aliphatic heterocycles. The quantitative estimate of drug-likeness (QED) is 0.231. The fourth-order valence-corrected chi connectivity index (χ4v) is 3.42. The van der Waals surface area contributed by atoms with Crippen molar-refractivity contribution in [2.24, 2.45) is 0 Å². The van der Waals surface area contributed by atoms with E-state index in [0.29, 0.717) is 0 Å². The molecule has 2 heterocycles. The number of hydrogen-bond acceptors (Lipinski definition) is 11. The average molecular weight is 432 g/mol. The third kappa shape index (κ3) is 4.98. The lowest BCUT2D eigenvalue weighted by atomic mass is 9.97. The average Bonchev–Trinajstić information content (AvgIpc) is 2.77. The summed E-state index contributed by atoms with van der Waals surface area (Å²) < 4.78 is 22.1. The summed E-state index contributed by atoms with van der Waals surface area (Å²) in [5.41, 5.74) is 0.786. The molecule has 170 valence electrons. The van der Waals surface area contributed by atoms with Gasteiger partial charge in [-0.3, -0.25) is 0 Å². The minimum absolute atomic E-state index is 0.0566. The second-order valence-corrected chi connectivity index (χ2v) is 7.30. The maximum absolute atomic E-state index is 10.5. The van der Waals surface area contributed by atoms with Gasteiger partial charge in [-0.1, -0.05) is 30.3 Å². The van der Waals surface area contributed by atoms with E-state index in [9.17, 15) is 35.7 Å². The fourth-order valence-electron chi connectivity index (χ4n) is 3.42. The molecular formula is C19H28O11. The molecule has 0 spiro atoms. The van der Waals surface area contributed by atoms with Crippen molar-refractivity contribution < 1.29 is 54.7 Å². The lowest BCUT2D eigenvalue weighted by Crippen LogP contribution is -2.64. The predicted molar refractivity (Wildman–Crippen MR) is 97.6 cm³/mol. The standard InChI is InChI=1S/C19H28O11/c20-6-10-12(22)14(24)16(26)18(28-10)30-17-15(25)13(23)11(7-21)29-19(17)27-8-9-4-2-1-3-5-9/h1-5,10-26H,6-8H2. The van der Waals surface area contributed by atoms with E-state index in [0.717, 1.165) is 5.56 Å². The topological polar surface area (TPSA) is 179 Å². The molecular weight excluding hydrogens is 404 g/mol. The van der Waals surface area contributed by atoms with Crippen molar-refractivity contribution in [3.8, 4) is 0 Å². The second-order valence-electron chi connectivity index (χ2n) is 7.30. The Morgan fingerprint density at radius 3 is 1.87 bits per heavy atom. The Bertz CT molecular complexity index is 645. The molecule has 7 N–H and O–H groups in total. The molecule has 0 radical (unpaired) electrons. The normalized spacial score (nSPS) is 42.2. The van der Waals surface area contributed by atoms with Crippen molar-refractivity contribution in [3.63, 3.8) is 0 Å². The van der Waals surface area contributed by atoms with Gasteiger partial charge in [-0.05, 0) is 5.56 Å². The van der Waals surface area contributed by atoms with E-state index < -0.39 is 74.6 Å². The van der Waals surface area contributed by atoms with Gasteiger partial charge in [0, 0.05) is 0 Å². The summed E-state index contributed by atoms with van der Waals surface area (Å²) in [6.45, 7) is -1.19. The van der Waals surface area contributed by atoms with Crippen LogP contribution in [0.5, 0.6) is 0 Å². The van der Waals surface area contributed by atoms with E-state index >= 15 is 0 Å². The van der Waals surface area contributed by atoms with Crippen molar-refractivity contribution in [3.05, 3.63) is 35.9 Å². The molecule has 11 nitrogen and oxygen atoms in total. The Kier molecular flexibility index (Phi) is 8.12. The van der Waals surface area contributed by atoms with Gasteiger partial charge in [-0.25, -0.2) is 0 Å². The zero-order valence-corrected chi connectivity index (χ0v) is 16.0. The van der Waals surface area contributed by atoms with Crippen LogP contribution in [0.1, 0.15) is 5.56 Å². The van der Waals surface area contributed by atoms with Gasteiger partial charge in [-0.15, -0.1) is 0 Å². The molecule has 11 heteroatoms. The van der Waals surface area contributed by atoms with Gasteiger partial charge in [0.15, 0.2) is 12.6 Å².